The fraction of sp³-hybridized carbons (Fsp3) is 0.700. The summed E-state index contributed by atoms with van der Waals surface area (Å²) in [6.07, 6.45) is 4.87. The molecule has 0 radical (unpaired) electrons. The van der Waals surface area contributed by atoms with Crippen molar-refractivity contribution in [3.63, 3.8) is 0 Å². The third kappa shape index (κ3) is 3.99. The van der Waals surface area contributed by atoms with E-state index >= 15 is 0 Å². The molecule has 1 aromatic rings. The van der Waals surface area contributed by atoms with Gasteiger partial charge in [-0.05, 0) is 38.7 Å². The van der Waals surface area contributed by atoms with Gasteiger partial charge in [0.05, 0.1) is 18.8 Å². The zero-order valence-electron chi connectivity index (χ0n) is 15.2. The number of nitrogens with one attached hydrogen (secondary N) is 1. The van der Waals surface area contributed by atoms with Crippen LogP contribution in [0.1, 0.15) is 57.6 Å². The van der Waals surface area contributed by atoms with Crippen LogP contribution in [-0.4, -0.2) is 37.8 Å². The minimum atomic E-state index is -0.323. The van der Waals surface area contributed by atoms with Crippen LogP contribution in [0.15, 0.2) is 30.3 Å². The molecule has 1 heterocycles. The first kappa shape index (κ1) is 17.9. The average molecular weight is 333 g/mol. The second kappa shape index (κ2) is 7.52. The maximum atomic E-state index is 5.99. The molecular formula is C20H31NO3. The summed E-state index contributed by atoms with van der Waals surface area (Å²) in [5.74, 6) is -0.323. The van der Waals surface area contributed by atoms with Crippen molar-refractivity contribution in [3.05, 3.63) is 35.9 Å². The lowest BCUT2D eigenvalue weighted by atomic mass is 9.77. The lowest BCUT2D eigenvalue weighted by Crippen LogP contribution is -2.48. The first-order chi connectivity index (χ1) is 11.6. The van der Waals surface area contributed by atoms with Crippen LogP contribution in [0.2, 0.25) is 0 Å². The molecule has 0 bridgehead atoms. The van der Waals surface area contributed by atoms with Crippen molar-refractivity contribution < 1.29 is 14.2 Å². The summed E-state index contributed by atoms with van der Waals surface area (Å²) < 4.78 is 17.7. The minimum Gasteiger partial charge on any atom is -0.378 e. The third-order valence-electron chi connectivity index (χ3n) is 5.68. The van der Waals surface area contributed by atoms with Crippen molar-refractivity contribution in [2.75, 3.05) is 20.3 Å². The molecular weight excluding hydrogens is 302 g/mol. The van der Waals surface area contributed by atoms with E-state index < -0.39 is 0 Å². The van der Waals surface area contributed by atoms with Gasteiger partial charge in [0.2, 0.25) is 0 Å². The topological polar surface area (TPSA) is 39.7 Å². The smallest absolute Gasteiger partial charge is 0.168 e. The van der Waals surface area contributed by atoms with Crippen molar-refractivity contribution in [2.45, 2.75) is 69.4 Å². The highest BCUT2D eigenvalue weighted by atomic mass is 16.7. The number of ether oxygens (including phenoxy) is 3. The molecule has 2 aliphatic rings. The Morgan fingerprint density at radius 2 is 1.67 bits per heavy atom. The lowest BCUT2D eigenvalue weighted by Gasteiger charge is -2.44. The summed E-state index contributed by atoms with van der Waals surface area (Å²) in [7, 11) is 1.85. The highest BCUT2D eigenvalue weighted by Gasteiger charge is 2.46. The number of rotatable bonds is 6. The molecule has 4 nitrogen and oxygen atoms in total. The van der Waals surface area contributed by atoms with Crippen molar-refractivity contribution in [1.29, 1.82) is 0 Å². The van der Waals surface area contributed by atoms with Crippen LogP contribution in [0, 0.1) is 0 Å². The monoisotopic (exact) mass is 333 g/mol. The van der Waals surface area contributed by atoms with E-state index in [1.165, 1.54) is 5.56 Å². The molecule has 134 valence electrons. The van der Waals surface area contributed by atoms with E-state index in [-0.39, 0.29) is 11.4 Å². The van der Waals surface area contributed by atoms with Crippen molar-refractivity contribution >= 4 is 0 Å². The SMILES string of the molecule is COC1(CC(C)NC(C)c2ccccc2)CCC2(CC1)OCCO2. The molecule has 1 aromatic carbocycles. The number of hydrogen-bond acceptors (Lipinski definition) is 4. The summed E-state index contributed by atoms with van der Waals surface area (Å²) in [6.45, 7) is 5.94. The van der Waals surface area contributed by atoms with Gasteiger partial charge in [-0.25, -0.2) is 0 Å². The molecule has 2 unspecified atom stereocenters. The lowest BCUT2D eigenvalue weighted by molar-refractivity contribution is -0.208. The maximum Gasteiger partial charge on any atom is 0.168 e. The number of benzene rings is 1. The summed E-state index contributed by atoms with van der Waals surface area (Å²) >= 11 is 0. The fourth-order valence-electron chi connectivity index (χ4n) is 4.25. The molecule has 1 aliphatic carbocycles. The number of methoxy groups -OCH3 is 1. The van der Waals surface area contributed by atoms with Gasteiger partial charge in [-0.2, -0.15) is 0 Å². The van der Waals surface area contributed by atoms with Crippen molar-refractivity contribution in [1.82, 2.24) is 5.32 Å². The standard InChI is InChI=1S/C20H31NO3/c1-16(21-17(2)18-7-5-4-6-8-18)15-19(22-3)9-11-20(12-10-19)23-13-14-24-20/h4-8,16-17,21H,9-15H2,1-3H3. The molecule has 2 fully saturated rings. The Bertz CT molecular complexity index is 503. The van der Waals surface area contributed by atoms with Crippen molar-refractivity contribution in [2.24, 2.45) is 0 Å². The summed E-state index contributed by atoms with van der Waals surface area (Å²) in [4.78, 5) is 0. The predicted octanol–water partition coefficient (Wildman–Crippen LogP) is 3.82. The van der Waals surface area contributed by atoms with Gasteiger partial charge in [0, 0.05) is 32.0 Å². The first-order valence-electron chi connectivity index (χ1n) is 9.21. The zero-order valence-corrected chi connectivity index (χ0v) is 15.2. The summed E-state index contributed by atoms with van der Waals surface area (Å²) in [6, 6.07) is 11.3. The Hall–Kier alpha value is -0.940. The quantitative estimate of drug-likeness (QED) is 0.859. The fourth-order valence-corrected chi connectivity index (χ4v) is 4.25. The summed E-state index contributed by atoms with van der Waals surface area (Å²) in [5, 5.41) is 3.72. The largest absolute Gasteiger partial charge is 0.378 e. The minimum absolute atomic E-state index is 0.0661. The molecule has 1 N–H and O–H groups in total. The molecule has 1 aliphatic heterocycles. The van der Waals surface area contributed by atoms with Crippen LogP contribution in [0.4, 0.5) is 0 Å². The molecule has 2 atom stereocenters. The second-order valence-corrected chi connectivity index (χ2v) is 7.40. The normalized spacial score (nSPS) is 24.8. The van der Waals surface area contributed by atoms with Crippen LogP contribution in [0.3, 0.4) is 0 Å². The molecule has 3 rings (SSSR count). The summed E-state index contributed by atoms with van der Waals surface area (Å²) in [5.41, 5.74) is 1.26. The van der Waals surface area contributed by atoms with E-state index in [1.807, 2.05) is 7.11 Å². The van der Waals surface area contributed by atoms with Gasteiger partial charge in [0.1, 0.15) is 0 Å². The molecule has 1 saturated heterocycles. The van der Waals surface area contributed by atoms with Crippen LogP contribution in [-0.2, 0) is 14.2 Å². The molecule has 1 spiro atoms. The highest BCUT2D eigenvalue weighted by molar-refractivity contribution is 5.18. The molecule has 1 saturated carbocycles. The Kier molecular flexibility index (Phi) is 5.60. The highest BCUT2D eigenvalue weighted by Crippen LogP contribution is 2.43. The third-order valence-corrected chi connectivity index (χ3v) is 5.68. The maximum absolute atomic E-state index is 5.99. The molecule has 24 heavy (non-hydrogen) atoms. The van der Waals surface area contributed by atoms with Gasteiger partial charge >= 0.3 is 0 Å². The van der Waals surface area contributed by atoms with Gasteiger partial charge in [0.15, 0.2) is 5.79 Å². The van der Waals surface area contributed by atoms with Gasteiger partial charge in [-0.15, -0.1) is 0 Å². The zero-order chi connectivity index (χ0) is 17.0. The predicted molar refractivity (Wildman–Crippen MR) is 94.9 cm³/mol. The Labute approximate surface area is 145 Å². The van der Waals surface area contributed by atoms with Crippen LogP contribution in [0.5, 0.6) is 0 Å². The van der Waals surface area contributed by atoms with Crippen LogP contribution >= 0.6 is 0 Å². The molecule has 0 amide bonds. The molecule has 4 heteroatoms. The Morgan fingerprint density at radius 1 is 1.04 bits per heavy atom. The number of hydrogen-bond donors (Lipinski definition) is 1. The second-order valence-electron chi connectivity index (χ2n) is 7.40. The van der Waals surface area contributed by atoms with Crippen LogP contribution < -0.4 is 5.32 Å². The van der Waals surface area contributed by atoms with E-state index in [4.69, 9.17) is 14.2 Å². The van der Waals surface area contributed by atoms with Gasteiger partial charge < -0.3 is 19.5 Å². The molecule has 0 aromatic heterocycles. The van der Waals surface area contributed by atoms with E-state index in [1.54, 1.807) is 0 Å². The van der Waals surface area contributed by atoms with E-state index in [0.29, 0.717) is 12.1 Å². The van der Waals surface area contributed by atoms with E-state index in [2.05, 4.69) is 49.5 Å². The Morgan fingerprint density at radius 3 is 2.25 bits per heavy atom. The average Bonchev–Trinajstić information content (AvgIpc) is 3.07. The van der Waals surface area contributed by atoms with E-state index in [9.17, 15) is 0 Å². The Balaban J connectivity index is 1.55. The van der Waals surface area contributed by atoms with Gasteiger partial charge in [-0.1, -0.05) is 30.3 Å². The van der Waals surface area contributed by atoms with Gasteiger partial charge in [0.25, 0.3) is 0 Å². The van der Waals surface area contributed by atoms with Gasteiger partial charge in [-0.3, -0.25) is 0 Å². The van der Waals surface area contributed by atoms with Crippen molar-refractivity contribution in [3.8, 4) is 0 Å². The van der Waals surface area contributed by atoms with E-state index in [0.717, 1.165) is 45.3 Å². The first-order valence-corrected chi connectivity index (χ1v) is 9.21. The van der Waals surface area contributed by atoms with Crippen LogP contribution in [0.25, 0.3) is 0 Å².